The number of aryl methyl sites for hydroxylation is 2. The highest BCUT2D eigenvalue weighted by molar-refractivity contribution is 9.10. The lowest BCUT2D eigenvalue weighted by Gasteiger charge is -2.17. The second-order valence-electron chi connectivity index (χ2n) is 10.7. The van der Waals surface area contributed by atoms with Crippen LogP contribution >= 0.6 is 27.5 Å². The molecule has 288 valence electrons. The summed E-state index contributed by atoms with van der Waals surface area (Å²) in [7, 11) is 0. The maximum atomic E-state index is 12.4. The van der Waals surface area contributed by atoms with Crippen LogP contribution in [0.5, 0.6) is 11.5 Å². The summed E-state index contributed by atoms with van der Waals surface area (Å²) >= 11 is 9.55. The number of hydrogen-bond acceptors (Lipinski definition) is 15. The van der Waals surface area contributed by atoms with Crippen molar-refractivity contribution in [3.05, 3.63) is 92.7 Å². The van der Waals surface area contributed by atoms with E-state index in [1.54, 1.807) is 84.0 Å². The van der Waals surface area contributed by atoms with Gasteiger partial charge in [0, 0.05) is 22.3 Å². The molecule has 0 bridgehead atoms. The summed E-state index contributed by atoms with van der Waals surface area (Å²) in [4.78, 5) is 47.9. The number of nitrogens with zero attached hydrogens (tertiary/aromatic N) is 1. The second-order valence-corrected chi connectivity index (χ2v) is 12.0. The molecule has 0 amide bonds. The topological polar surface area (TPSA) is 198 Å². The number of benzene rings is 2. The van der Waals surface area contributed by atoms with E-state index in [2.05, 4.69) is 26.6 Å². The standard InChI is InChI=1S/C19H20N2O6.C18H19BrClNO6/c1-4-24-18(22)17(21-14-8-6-13(11-20)7-9-14)16-10-15(12(3)26-16)27-19(23)25-5-2;1-4-24-17(22)16(21-13-7-6-11(19)8-12(13)20)15-9-14(10(3)26-15)27-18(23)25-5-2/h6-10,17,21H,4-5H2,1-3H3;6-9,16,21H,4-5H2,1-3H3. The highest BCUT2D eigenvalue weighted by atomic mass is 79.9. The third-order valence-corrected chi connectivity index (χ3v) is 7.67. The van der Waals surface area contributed by atoms with E-state index in [4.69, 9.17) is 54.1 Å². The number of rotatable bonds is 14. The van der Waals surface area contributed by atoms with Gasteiger partial charge in [-0.1, -0.05) is 27.5 Å². The average molecular weight is 833 g/mol. The fraction of sp³-hybridized carbons (Fsp3) is 0.324. The summed E-state index contributed by atoms with van der Waals surface area (Å²) in [6.45, 7) is 10.7. The molecule has 0 aliphatic heterocycles. The number of ether oxygens (including phenoxy) is 6. The Morgan fingerprint density at radius 2 is 1.19 bits per heavy atom. The van der Waals surface area contributed by atoms with E-state index in [9.17, 15) is 19.2 Å². The molecule has 0 aliphatic rings. The highest BCUT2D eigenvalue weighted by Gasteiger charge is 2.29. The SMILES string of the molecule is CCOC(=O)Oc1cc(C(Nc2ccc(Br)cc2Cl)C(=O)OCC)oc1C.CCOC(=O)Oc1cc(C(Nc2ccc(C#N)cc2)C(=O)OCC)oc1C. The molecule has 15 nitrogen and oxygen atoms in total. The minimum Gasteiger partial charge on any atom is -0.464 e. The van der Waals surface area contributed by atoms with Gasteiger partial charge in [0.1, 0.15) is 23.0 Å². The first-order valence-corrected chi connectivity index (χ1v) is 17.7. The van der Waals surface area contributed by atoms with Gasteiger partial charge in [-0.3, -0.25) is 0 Å². The Morgan fingerprint density at radius 3 is 1.61 bits per heavy atom. The monoisotopic (exact) mass is 831 g/mol. The van der Waals surface area contributed by atoms with Crippen molar-refractivity contribution in [1.29, 1.82) is 5.26 Å². The first-order valence-electron chi connectivity index (χ1n) is 16.5. The van der Waals surface area contributed by atoms with Crippen LogP contribution in [0.1, 0.15) is 68.4 Å². The highest BCUT2D eigenvalue weighted by Crippen LogP contribution is 2.34. The molecular formula is C37H39BrClN3O12. The zero-order valence-electron chi connectivity index (χ0n) is 30.3. The molecule has 2 aromatic carbocycles. The number of nitrogens with one attached hydrogen (secondary N) is 2. The summed E-state index contributed by atoms with van der Waals surface area (Å²) in [6.07, 6.45) is -1.72. The lowest BCUT2D eigenvalue weighted by Crippen LogP contribution is -2.23. The Kier molecular flexibility index (Phi) is 16.7. The Morgan fingerprint density at radius 1 is 0.722 bits per heavy atom. The number of hydrogen-bond donors (Lipinski definition) is 2. The van der Waals surface area contributed by atoms with Crippen LogP contribution in [0.15, 0.2) is 67.9 Å². The predicted octanol–water partition coefficient (Wildman–Crippen LogP) is 8.97. The van der Waals surface area contributed by atoms with Crippen LogP contribution in [0.25, 0.3) is 0 Å². The fourth-order valence-corrected chi connectivity index (χ4v) is 5.18. The van der Waals surface area contributed by atoms with Gasteiger partial charge in [0.2, 0.25) is 0 Å². The molecule has 0 spiro atoms. The van der Waals surface area contributed by atoms with Gasteiger partial charge < -0.3 is 47.9 Å². The van der Waals surface area contributed by atoms with Crippen LogP contribution in [0.4, 0.5) is 21.0 Å². The normalized spacial score (nSPS) is 11.4. The van der Waals surface area contributed by atoms with Gasteiger partial charge in [-0.25, -0.2) is 19.2 Å². The zero-order valence-corrected chi connectivity index (χ0v) is 32.6. The van der Waals surface area contributed by atoms with Crippen molar-refractivity contribution in [3.63, 3.8) is 0 Å². The van der Waals surface area contributed by atoms with Crippen LogP contribution in [0.2, 0.25) is 5.02 Å². The number of carbonyl (C=O) groups excluding carboxylic acids is 4. The smallest absolute Gasteiger partial charge is 0.464 e. The molecular weight excluding hydrogens is 794 g/mol. The Labute approximate surface area is 324 Å². The summed E-state index contributed by atoms with van der Waals surface area (Å²) in [5.74, 6) is 0.246. The third-order valence-electron chi connectivity index (χ3n) is 6.86. The van der Waals surface area contributed by atoms with Crippen LogP contribution in [0.3, 0.4) is 0 Å². The van der Waals surface area contributed by atoms with E-state index >= 15 is 0 Å². The largest absolute Gasteiger partial charge is 0.513 e. The quantitative estimate of drug-likeness (QED) is 0.0901. The summed E-state index contributed by atoms with van der Waals surface area (Å²) in [5, 5.41) is 15.3. The van der Waals surface area contributed by atoms with E-state index in [-0.39, 0.29) is 49.4 Å². The number of anilines is 2. The van der Waals surface area contributed by atoms with E-state index in [1.807, 2.05) is 6.07 Å². The van der Waals surface area contributed by atoms with Crippen LogP contribution in [-0.4, -0.2) is 50.7 Å². The van der Waals surface area contributed by atoms with E-state index < -0.39 is 36.3 Å². The third kappa shape index (κ3) is 12.5. The molecule has 17 heteroatoms. The summed E-state index contributed by atoms with van der Waals surface area (Å²) in [6, 6.07) is 14.7. The number of esters is 2. The lowest BCUT2D eigenvalue weighted by molar-refractivity contribution is -0.145. The molecule has 2 aromatic heterocycles. The van der Waals surface area contributed by atoms with Crippen LogP contribution in [0, 0.1) is 25.2 Å². The van der Waals surface area contributed by atoms with Gasteiger partial charge in [-0.15, -0.1) is 0 Å². The molecule has 4 aromatic rings. The Hall–Kier alpha value is -5.66. The number of furan rings is 2. The maximum Gasteiger partial charge on any atom is 0.513 e. The van der Waals surface area contributed by atoms with E-state index in [0.717, 1.165) is 4.47 Å². The van der Waals surface area contributed by atoms with Gasteiger partial charge in [-0.05, 0) is 84.0 Å². The van der Waals surface area contributed by atoms with Crippen molar-refractivity contribution in [1.82, 2.24) is 0 Å². The first kappa shape index (κ1) is 42.8. The minimum atomic E-state index is -0.984. The number of carbonyl (C=O) groups is 4. The van der Waals surface area contributed by atoms with Crippen molar-refractivity contribution < 1.29 is 56.4 Å². The molecule has 0 saturated heterocycles. The van der Waals surface area contributed by atoms with Crippen molar-refractivity contribution in [2.24, 2.45) is 0 Å². The average Bonchev–Trinajstić information content (AvgIpc) is 3.67. The predicted molar refractivity (Wildman–Crippen MR) is 198 cm³/mol. The first-order chi connectivity index (χ1) is 25.8. The van der Waals surface area contributed by atoms with Gasteiger partial charge in [0.15, 0.2) is 23.6 Å². The number of nitriles is 1. The molecule has 2 atom stereocenters. The molecule has 2 N–H and O–H groups in total. The van der Waals surface area contributed by atoms with Crippen LogP contribution < -0.4 is 20.1 Å². The van der Waals surface area contributed by atoms with Gasteiger partial charge in [-0.2, -0.15) is 5.26 Å². The summed E-state index contributed by atoms with van der Waals surface area (Å²) in [5.41, 5.74) is 1.60. The lowest BCUT2D eigenvalue weighted by atomic mass is 10.1. The van der Waals surface area contributed by atoms with Crippen molar-refractivity contribution in [3.8, 4) is 17.6 Å². The van der Waals surface area contributed by atoms with Crippen molar-refractivity contribution in [2.75, 3.05) is 37.1 Å². The molecule has 0 aliphatic carbocycles. The summed E-state index contributed by atoms with van der Waals surface area (Å²) < 4.78 is 41.8. The maximum absolute atomic E-state index is 12.4. The minimum absolute atomic E-state index is 0.152. The fourth-order valence-electron chi connectivity index (χ4n) is 4.45. The van der Waals surface area contributed by atoms with E-state index in [0.29, 0.717) is 33.5 Å². The molecule has 2 unspecified atom stereocenters. The molecule has 0 radical (unpaired) electrons. The Balaban J connectivity index is 0.000000290. The molecule has 0 saturated carbocycles. The van der Waals surface area contributed by atoms with Crippen molar-refractivity contribution >= 4 is 63.2 Å². The van der Waals surface area contributed by atoms with Gasteiger partial charge in [0.05, 0.1) is 48.8 Å². The van der Waals surface area contributed by atoms with Gasteiger partial charge in [0.25, 0.3) is 0 Å². The number of halogens is 2. The Bertz CT molecular complexity index is 1940. The van der Waals surface area contributed by atoms with Gasteiger partial charge >= 0.3 is 24.2 Å². The zero-order chi connectivity index (χ0) is 39.8. The molecule has 4 rings (SSSR count). The van der Waals surface area contributed by atoms with E-state index in [1.165, 1.54) is 12.1 Å². The second kappa shape index (κ2) is 21.1. The molecule has 54 heavy (non-hydrogen) atoms. The van der Waals surface area contributed by atoms with Crippen molar-refractivity contribution in [2.45, 2.75) is 53.6 Å². The molecule has 2 heterocycles. The van der Waals surface area contributed by atoms with Crippen LogP contribution in [-0.2, 0) is 28.5 Å². The molecule has 0 fully saturated rings.